The molecule has 2 unspecified atom stereocenters. The number of hydrogen-bond donors (Lipinski definition) is 1. The predicted octanol–water partition coefficient (Wildman–Crippen LogP) is 12.1. The molecule has 0 amide bonds. The van der Waals surface area contributed by atoms with Gasteiger partial charge in [0.15, 0.2) is 8.32 Å². The Hall–Kier alpha value is -4.69. The maximum Gasteiger partial charge on any atom is 0.222 e. The summed E-state index contributed by atoms with van der Waals surface area (Å²) in [6.45, 7) is 13.4. The first-order valence-corrected chi connectivity index (χ1v) is 27.0. The summed E-state index contributed by atoms with van der Waals surface area (Å²) in [6, 6.07) is 53.3. The monoisotopic (exact) mass is 956 g/mol. The molecule has 358 valence electrons. The van der Waals surface area contributed by atoms with Crippen LogP contribution in [0.25, 0.3) is 0 Å². The molecule has 2 aliphatic heterocycles. The highest BCUT2D eigenvalue weighted by molar-refractivity contribution is 6.74. The quantitative estimate of drug-likeness (QED) is 0.0751. The second kappa shape index (κ2) is 22.8. The van der Waals surface area contributed by atoms with Gasteiger partial charge in [-0.25, -0.2) is 0 Å². The molecule has 0 bridgehead atoms. The first kappa shape index (κ1) is 49.7. The number of ether oxygens (including phenoxy) is 7. The molecule has 0 aromatic heterocycles. The van der Waals surface area contributed by atoms with Crippen molar-refractivity contribution in [2.75, 3.05) is 19.8 Å². The molecule has 2 fully saturated rings. The Morgan fingerprint density at radius 1 is 0.676 bits per heavy atom. The summed E-state index contributed by atoms with van der Waals surface area (Å²) in [4.78, 5) is 0. The predicted molar refractivity (Wildman–Crippen MR) is 268 cm³/mol. The van der Waals surface area contributed by atoms with Crippen LogP contribution in [0.2, 0.25) is 23.2 Å². The first-order valence-electron chi connectivity index (χ1n) is 23.7. The summed E-state index contributed by atoms with van der Waals surface area (Å²) in [5.74, 6) is -1.38. The Morgan fingerprint density at radius 3 is 1.74 bits per heavy atom. The van der Waals surface area contributed by atoms with Gasteiger partial charge >= 0.3 is 0 Å². The van der Waals surface area contributed by atoms with Gasteiger partial charge in [0, 0.05) is 22.6 Å². The van der Waals surface area contributed by atoms with Crippen molar-refractivity contribution < 1.29 is 42.7 Å². The van der Waals surface area contributed by atoms with Crippen LogP contribution in [-0.4, -0.2) is 63.8 Å². The van der Waals surface area contributed by atoms with Crippen LogP contribution >= 0.6 is 11.6 Å². The average Bonchev–Trinajstić information content (AvgIpc) is 3.87. The fraction of sp³-hybridized carbons (Fsp3) is 0.368. The summed E-state index contributed by atoms with van der Waals surface area (Å²) < 4.78 is 53.7. The van der Waals surface area contributed by atoms with E-state index in [-0.39, 0.29) is 37.6 Å². The molecule has 7 atom stereocenters. The minimum absolute atomic E-state index is 0.00494. The summed E-state index contributed by atoms with van der Waals surface area (Å²) in [6.07, 6.45) is -3.35. The van der Waals surface area contributed by atoms with Crippen molar-refractivity contribution >= 4 is 19.9 Å². The molecule has 2 saturated heterocycles. The lowest BCUT2D eigenvalue weighted by Gasteiger charge is -2.51. The van der Waals surface area contributed by atoms with Crippen LogP contribution in [0.1, 0.15) is 72.2 Å². The van der Waals surface area contributed by atoms with Crippen molar-refractivity contribution in [2.24, 2.45) is 0 Å². The number of rotatable bonds is 20. The van der Waals surface area contributed by atoms with Crippen molar-refractivity contribution in [1.29, 1.82) is 0 Å². The molecule has 0 aliphatic carbocycles. The Bertz CT molecular complexity index is 2450. The number of aliphatic hydroxyl groups is 1. The van der Waals surface area contributed by atoms with Crippen LogP contribution in [0.4, 0.5) is 0 Å². The minimum atomic E-state index is -2.36. The molecule has 9 nitrogen and oxygen atoms in total. The van der Waals surface area contributed by atoms with E-state index in [1.54, 1.807) is 12.1 Å². The number of halogens is 1. The van der Waals surface area contributed by atoms with Crippen LogP contribution in [0.5, 0.6) is 5.75 Å². The summed E-state index contributed by atoms with van der Waals surface area (Å²) in [5, 5.41) is 14.1. The highest BCUT2D eigenvalue weighted by atomic mass is 35.5. The third-order valence-electron chi connectivity index (χ3n) is 13.3. The SMILES string of the molecule is CC(C)(C)[Si](C)(C)OC[C@H]1OC(O)(c2ccc(Cl)c(C(OCc3ccccc3)c3ccc(O[C@@H]4CCOC4)cc3)c2)[C@H](OCc2ccccc2)[C@@H](OCc2ccccc2)[C@@H]1OCc1ccccc1. The largest absolute Gasteiger partial charge is 0.488 e. The molecule has 6 aromatic rings. The normalized spacial score (nSPS) is 22.5. The molecule has 0 radical (unpaired) electrons. The molecule has 2 heterocycles. The second-order valence-corrected chi connectivity index (χ2v) is 24.5. The maximum atomic E-state index is 13.7. The Kier molecular flexibility index (Phi) is 16.7. The van der Waals surface area contributed by atoms with Crippen molar-refractivity contribution in [1.82, 2.24) is 0 Å². The van der Waals surface area contributed by atoms with Crippen molar-refractivity contribution in [3.63, 3.8) is 0 Å². The first-order chi connectivity index (χ1) is 32.9. The topological polar surface area (TPSA) is 94.1 Å². The van der Waals surface area contributed by atoms with Gasteiger partial charge in [-0.3, -0.25) is 0 Å². The van der Waals surface area contributed by atoms with Crippen LogP contribution in [0.3, 0.4) is 0 Å². The number of hydrogen-bond acceptors (Lipinski definition) is 9. The summed E-state index contributed by atoms with van der Waals surface area (Å²) >= 11 is 7.24. The molecular formula is C57H65ClO9Si. The third-order valence-corrected chi connectivity index (χ3v) is 18.1. The second-order valence-electron chi connectivity index (χ2n) is 19.2. The van der Waals surface area contributed by atoms with E-state index in [1.807, 2.05) is 152 Å². The molecule has 1 N–H and O–H groups in total. The van der Waals surface area contributed by atoms with E-state index in [4.69, 9.17) is 49.2 Å². The lowest BCUT2D eigenvalue weighted by atomic mass is 9.86. The molecule has 8 rings (SSSR count). The molecule has 11 heteroatoms. The van der Waals surface area contributed by atoms with Gasteiger partial charge < -0.3 is 42.7 Å². The summed E-state index contributed by atoms with van der Waals surface area (Å²) in [5.41, 5.74) is 5.76. The molecule has 0 spiro atoms. The minimum Gasteiger partial charge on any atom is -0.488 e. The van der Waals surface area contributed by atoms with E-state index >= 15 is 0 Å². The van der Waals surface area contributed by atoms with Crippen molar-refractivity contribution in [3.05, 3.63) is 208 Å². The van der Waals surface area contributed by atoms with E-state index in [0.717, 1.165) is 40.0 Å². The van der Waals surface area contributed by atoms with Gasteiger partial charge in [-0.1, -0.05) is 172 Å². The van der Waals surface area contributed by atoms with Gasteiger partial charge in [0.05, 0.1) is 46.2 Å². The zero-order valence-electron chi connectivity index (χ0n) is 39.8. The lowest BCUT2D eigenvalue weighted by Crippen LogP contribution is -2.66. The Balaban J connectivity index is 1.23. The van der Waals surface area contributed by atoms with Crippen molar-refractivity contribution in [3.8, 4) is 5.75 Å². The zero-order valence-corrected chi connectivity index (χ0v) is 41.6. The lowest BCUT2D eigenvalue weighted by molar-refractivity contribution is -0.377. The van der Waals surface area contributed by atoms with Gasteiger partial charge in [-0.15, -0.1) is 0 Å². The van der Waals surface area contributed by atoms with Crippen LogP contribution in [-0.2, 0) is 65.1 Å². The number of benzene rings is 6. The van der Waals surface area contributed by atoms with E-state index < -0.39 is 44.6 Å². The van der Waals surface area contributed by atoms with Crippen LogP contribution < -0.4 is 4.74 Å². The Morgan fingerprint density at radius 2 is 1.21 bits per heavy atom. The third kappa shape index (κ3) is 12.5. The zero-order chi connectivity index (χ0) is 47.6. The van der Waals surface area contributed by atoms with Crippen molar-refractivity contribution in [2.45, 2.75) is 114 Å². The summed E-state index contributed by atoms with van der Waals surface area (Å²) in [7, 11) is -2.36. The van der Waals surface area contributed by atoms with Gasteiger partial charge in [0.2, 0.25) is 5.79 Å². The smallest absolute Gasteiger partial charge is 0.222 e. The highest BCUT2D eigenvalue weighted by Crippen LogP contribution is 2.45. The molecule has 6 aromatic carbocycles. The van der Waals surface area contributed by atoms with Gasteiger partial charge in [-0.2, -0.15) is 0 Å². The molecule has 2 aliphatic rings. The van der Waals surface area contributed by atoms with E-state index in [0.29, 0.717) is 36.0 Å². The highest BCUT2D eigenvalue weighted by Gasteiger charge is 2.58. The molecule has 0 saturated carbocycles. The van der Waals surface area contributed by atoms with E-state index in [2.05, 4.69) is 33.9 Å². The fourth-order valence-electron chi connectivity index (χ4n) is 8.33. The van der Waals surface area contributed by atoms with Crippen LogP contribution in [0.15, 0.2) is 164 Å². The van der Waals surface area contributed by atoms with E-state index in [1.165, 1.54) is 0 Å². The van der Waals surface area contributed by atoms with Crippen LogP contribution in [0, 0.1) is 0 Å². The van der Waals surface area contributed by atoms with Gasteiger partial charge in [0.1, 0.15) is 42.4 Å². The average molecular weight is 958 g/mol. The Labute approximate surface area is 408 Å². The molecular weight excluding hydrogens is 892 g/mol. The van der Waals surface area contributed by atoms with Gasteiger partial charge in [-0.05, 0) is 70.2 Å². The fourth-order valence-corrected chi connectivity index (χ4v) is 9.56. The van der Waals surface area contributed by atoms with Gasteiger partial charge in [0.25, 0.3) is 0 Å². The molecule has 68 heavy (non-hydrogen) atoms. The maximum absolute atomic E-state index is 13.7. The standard InChI is InChI=1S/C57H65ClO9Si/c1-56(2,3)68(4,5)65-40-51-53(62-36-42-20-12-7-13-21-42)54(63-37-43-22-14-8-15-23-43)55(64-38-44-24-16-9-17-25-44)57(59,67-51)46-28-31-50(58)49(34-46)52(61-35-41-18-10-6-11-19-41)45-26-29-47(30-27-45)66-48-32-33-60-39-48/h6-31,34,48,51-55,59H,32-33,35-40H2,1-5H3/t48-,51-,52?,53-,54+,55-,57?/m1/s1. The van der Waals surface area contributed by atoms with E-state index in [9.17, 15) is 5.11 Å².